The summed E-state index contributed by atoms with van der Waals surface area (Å²) in [5.41, 5.74) is 9.60. The highest BCUT2D eigenvalue weighted by atomic mass is 16.5. The molecule has 34 heavy (non-hydrogen) atoms. The van der Waals surface area contributed by atoms with Crippen molar-refractivity contribution in [3.05, 3.63) is 83.9 Å². The van der Waals surface area contributed by atoms with Gasteiger partial charge in [0.2, 0.25) is 0 Å². The zero-order valence-electron chi connectivity index (χ0n) is 18.1. The summed E-state index contributed by atoms with van der Waals surface area (Å²) in [6.45, 7) is -0.148. The molecule has 5 N–H and O–H groups in total. The summed E-state index contributed by atoms with van der Waals surface area (Å²) in [4.78, 5) is 42.5. The summed E-state index contributed by atoms with van der Waals surface area (Å²) < 4.78 is 10.4. The van der Waals surface area contributed by atoms with E-state index < -0.39 is 23.9 Å². The van der Waals surface area contributed by atoms with E-state index in [-0.39, 0.29) is 19.6 Å². The second-order valence-corrected chi connectivity index (χ2v) is 7.10. The monoisotopic (exact) mass is 464 g/mol. The SMILES string of the molecule is NC(=O)COc1ccc(/C=N\NC(=O)[C@H](Cc2cnc[nH]2)NC(=O)OCc2ccccc2)cc1. The van der Waals surface area contributed by atoms with Crippen LogP contribution in [-0.4, -0.2) is 46.7 Å². The molecular weight excluding hydrogens is 440 g/mol. The standard InChI is InChI=1S/C23H24N6O5/c24-21(30)14-33-19-8-6-16(7-9-19)11-27-29-22(31)20(10-18-12-25-15-26-18)28-23(32)34-13-17-4-2-1-3-5-17/h1-9,11-12,15,20H,10,13-14H2,(H2,24,30)(H,25,26)(H,28,32)(H,29,31)/b27-11-/t20-/m0/s1. The summed E-state index contributed by atoms with van der Waals surface area (Å²) in [5.74, 6) is -0.641. The molecule has 1 atom stereocenters. The van der Waals surface area contributed by atoms with Gasteiger partial charge in [0.1, 0.15) is 18.4 Å². The minimum Gasteiger partial charge on any atom is -0.484 e. The molecule has 0 unspecified atom stereocenters. The highest BCUT2D eigenvalue weighted by molar-refractivity contribution is 5.87. The number of alkyl carbamates (subject to hydrolysis) is 1. The van der Waals surface area contributed by atoms with Crippen LogP contribution in [0, 0.1) is 0 Å². The Morgan fingerprint density at radius 2 is 1.88 bits per heavy atom. The van der Waals surface area contributed by atoms with E-state index in [0.717, 1.165) is 5.56 Å². The number of rotatable bonds is 11. The van der Waals surface area contributed by atoms with Gasteiger partial charge in [-0.15, -0.1) is 0 Å². The molecule has 0 aliphatic carbocycles. The van der Waals surface area contributed by atoms with Crippen molar-refractivity contribution in [1.82, 2.24) is 20.7 Å². The number of aromatic nitrogens is 2. The van der Waals surface area contributed by atoms with Gasteiger partial charge in [-0.25, -0.2) is 15.2 Å². The average Bonchev–Trinajstić information content (AvgIpc) is 3.35. The molecule has 176 valence electrons. The maximum Gasteiger partial charge on any atom is 0.408 e. The molecule has 0 saturated carbocycles. The molecule has 2 aromatic carbocycles. The molecule has 11 heteroatoms. The Kier molecular flexibility index (Phi) is 8.74. The molecule has 0 spiro atoms. The molecule has 0 radical (unpaired) electrons. The summed E-state index contributed by atoms with van der Waals surface area (Å²) in [6, 6.07) is 14.9. The number of hydrogen-bond acceptors (Lipinski definition) is 7. The number of amides is 3. The topological polar surface area (TPSA) is 161 Å². The molecule has 0 aliphatic heterocycles. The van der Waals surface area contributed by atoms with Crippen LogP contribution < -0.4 is 21.2 Å². The number of carbonyl (C=O) groups is 3. The summed E-state index contributed by atoms with van der Waals surface area (Å²) in [7, 11) is 0. The molecule has 0 fully saturated rings. The van der Waals surface area contributed by atoms with Crippen molar-refractivity contribution in [2.24, 2.45) is 10.8 Å². The Balaban J connectivity index is 1.55. The molecule has 0 aliphatic rings. The molecular formula is C23H24N6O5. The van der Waals surface area contributed by atoms with Crippen LogP contribution in [0.4, 0.5) is 4.79 Å². The lowest BCUT2D eigenvalue weighted by Gasteiger charge is -2.16. The van der Waals surface area contributed by atoms with E-state index in [2.05, 4.69) is 25.8 Å². The number of hydrazone groups is 1. The molecule has 3 amide bonds. The smallest absolute Gasteiger partial charge is 0.408 e. The normalized spacial score (nSPS) is 11.5. The first kappa shape index (κ1) is 24.0. The number of ether oxygens (including phenoxy) is 2. The first-order valence-corrected chi connectivity index (χ1v) is 10.3. The van der Waals surface area contributed by atoms with Crippen molar-refractivity contribution in [3.8, 4) is 5.75 Å². The van der Waals surface area contributed by atoms with Gasteiger partial charge in [-0.1, -0.05) is 30.3 Å². The molecule has 11 nitrogen and oxygen atoms in total. The first-order valence-electron chi connectivity index (χ1n) is 10.3. The van der Waals surface area contributed by atoms with E-state index in [1.807, 2.05) is 30.3 Å². The lowest BCUT2D eigenvalue weighted by molar-refractivity contribution is -0.123. The lowest BCUT2D eigenvalue weighted by Crippen LogP contribution is -2.47. The van der Waals surface area contributed by atoms with Crippen molar-refractivity contribution in [2.75, 3.05) is 6.61 Å². The Hall–Kier alpha value is -4.67. The minimum absolute atomic E-state index is 0.0718. The molecule has 0 bridgehead atoms. The lowest BCUT2D eigenvalue weighted by atomic mass is 10.1. The average molecular weight is 464 g/mol. The zero-order chi connectivity index (χ0) is 24.2. The van der Waals surface area contributed by atoms with Crippen LogP contribution in [-0.2, 0) is 27.4 Å². The number of nitrogens with zero attached hydrogens (tertiary/aromatic N) is 2. The van der Waals surface area contributed by atoms with Crippen molar-refractivity contribution in [1.29, 1.82) is 0 Å². The molecule has 1 aromatic heterocycles. The predicted octanol–water partition coefficient (Wildman–Crippen LogP) is 1.26. The van der Waals surface area contributed by atoms with E-state index in [9.17, 15) is 14.4 Å². The quantitative estimate of drug-likeness (QED) is 0.247. The van der Waals surface area contributed by atoms with E-state index >= 15 is 0 Å². The van der Waals surface area contributed by atoms with Crippen molar-refractivity contribution >= 4 is 24.1 Å². The fraction of sp³-hybridized carbons (Fsp3) is 0.174. The van der Waals surface area contributed by atoms with Crippen LogP contribution in [0.2, 0.25) is 0 Å². The maximum absolute atomic E-state index is 12.7. The number of H-pyrrole nitrogens is 1. The second kappa shape index (κ2) is 12.4. The summed E-state index contributed by atoms with van der Waals surface area (Å²) >= 11 is 0. The van der Waals surface area contributed by atoms with Crippen LogP contribution in [0.25, 0.3) is 0 Å². The van der Waals surface area contributed by atoms with Crippen LogP contribution in [0.5, 0.6) is 5.75 Å². The molecule has 0 saturated heterocycles. The van der Waals surface area contributed by atoms with E-state index in [1.54, 1.807) is 30.5 Å². The van der Waals surface area contributed by atoms with Crippen molar-refractivity contribution in [3.63, 3.8) is 0 Å². The van der Waals surface area contributed by atoms with Crippen LogP contribution in [0.15, 0.2) is 72.2 Å². The molecule has 1 heterocycles. The number of primary amides is 1. The fourth-order valence-electron chi connectivity index (χ4n) is 2.79. The zero-order valence-corrected chi connectivity index (χ0v) is 18.1. The van der Waals surface area contributed by atoms with Gasteiger partial charge in [0, 0.05) is 18.3 Å². The van der Waals surface area contributed by atoms with E-state index in [4.69, 9.17) is 15.2 Å². The minimum atomic E-state index is -0.953. The fourth-order valence-corrected chi connectivity index (χ4v) is 2.79. The Morgan fingerprint density at radius 3 is 2.56 bits per heavy atom. The van der Waals surface area contributed by atoms with Gasteiger partial charge in [-0.2, -0.15) is 5.10 Å². The number of carbonyl (C=O) groups excluding carboxylic acids is 3. The third kappa shape index (κ3) is 8.11. The number of benzene rings is 2. The number of hydrogen-bond donors (Lipinski definition) is 4. The number of nitrogens with one attached hydrogen (secondary N) is 3. The number of imidazole rings is 1. The predicted molar refractivity (Wildman–Crippen MR) is 123 cm³/mol. The largest absolute Gasteiger partial charge is 0.484 e. The third-order valence-electron chi connectivity index (χ3n) is 4.45. The number of aromatic amines is 1. The van der Waals surface area contributed by atoms with Gasteiger partial charge in [-0.3, -0.25) is 9.59 Å². The van der Waals surface area contributed by atoms with Gasteiger partial charge in [0.15, 0.2) is 6.61 Å². The van der Waals surface area contributed by atoms with E-state index in [1.165, 1.54) is 12.5 Å². The van der Waals surface area contributed by atoms with Crippen molar-refractivity contribution in [2.45, 2.75) is 19.1 Å². The maximum atomic E-state index is 12.7. The van der Waals surface area contributed by atoms with Crippen molar-refractivity contribution < 1.29 is 23.9 Å². The number of nitrogens with two attached hydrogens (primary N) is 1. The van der Waals surface area contributed by atoms with Gasteiger partial charge >= 0.3 is 6.09 Å². The Bertz CT molecular complexity index is 1100. The Labute approximate surface area is 195 Å². The third-order valence-corrected chi connectivity index (χ3v) is 4.45. The van der Waals surface area contributed by atoms with E-state index in [0.29, 0.717) is 17.0 Å². The first-order chi connectivity index (χ1) is 16.5. The molecule has 3 aromatic rings. The van der Waals surface area contributed by atoms with Gasteiger partial charge in [0.25, 0.3) is 11.8 Å². The highest BCUT2D eigenvalue weighted by Crippen LogP contribution is 2.10. The summed E-state index contributed by atoms with van der Waals surface area (Å²) in [5, 5.41) is 6.49. The van der Waals surface area contributed by atoms with Crippen LogP contribution in [0.3, 0.4) is 0 Å². The van der Waals surface area contributed by atoms with Gasteiger partial charge < -0.3 is 25.5 Å². The highest BCUT2D eigenvalue weighted by Gasteiger charge is 2.22. The Morgan fingerprint density at radius 1 is 1.12 bits per heavy atom. The van der Waals surface area contributed by atoms with Crippen LogP contribution >= 0.6 is 0 Å². The second-order valence-electron chi connectivity index (χ2n) is 7.10. The van der Waals surface area contributed by atoms with Gasteiger partial charge in [0.05, 0.1) is 12.5 Å². The molecule has 3 rings (SSSR count). The van der Waals surface area contributed by atoms with Crippen LogP contribution in [0.1, 0.15) is 16.8 Å². The summed E-state index contributed by atoms with van der Waals surface area (Å²) in [6.07, 6.45) is 3.89. The van der Waals surface area contributed by atoms with Gasteiger partial charge in [-0.05, 0) is 35.4 Å².